The maximum atomic E-state index is 12.2. The lowest BCUT2D eigenvalue weighted by Gasteiger charge is -2.27. The molecular weight excluding hydrogens is 1120 g/mol. The minimum atomic E-state index is -2.81. The number of nitrogens with one attached hydrogen (secondary N) is 4. The Morgan fingerprint density at radius 3 is 1.10 bits per heavy atom. The van der Waals surface area contributed by atoms with Gasteiger partial charge in [0, 0.05) is 70.5 Å². The molecule has 0 aliphatic heterocycles. The largest absolute Gasteiger partial charge is 0.484 e. The van der Waals surface area contributed by atoms with Crippen LogP contribution in [0.4, 0.5) is 21.0 Å². The summed E-state index contributed by atoms with van der Waals surface area (Å²) in [7, 11) is 2.40. The summed E-state index contributed by atoms with van der Waals surface area (Å²) in [6.45, 7) is 2.95. The summed E-state index contributed by atoms with van der Waals surface area (Å²) in [6, 6.07) is 21.3. The molecule has 0 aromatic heterocycles. The van der Waals surface area contributed by atoms with Crippen LogP contribution in [0.5, 0.6) is 11.5 Å². The van der Waals surface area contributed by atoms with Gasteiger partial charge in [0.2, 0.25) is 21.8 Å². The molecule has 4 aromatic carbocycles. The molecular formula is C56H78Cl4N8O8S2. The van der Waals surface area contributed by atoms with Crippen molar-refractivity contribution in [2.45, 2.75) is 127 Å². The van der Waals surface area contributed by atoms with Crippen LogP contribution < -0.4 is 39.4 Å². The average Bonchev–Trinajstić information content (AvgIpc) is 4.11. The van der Waals surface area contributed by atoms with Gasteiger partial charge in [-0.05, 0) is 163 Å². The van der Waals surface area contributed by atoms with Crippen molar-refractivity contribution < 1.29 is 35.9 Å². The summed E-state index contributed by atoms with van der Waals surface area (Å²) in [5.74, 6) is 1.26. The van der Waals surface area contributed by atoms with Crippen molar-refractivity contribution in [3.05, 3.63) is 115 Å². The first-order valence-corrected chi connectivity index (χ1v) is 31.0. The van der Waals surface area contributed by atoms with E-state index in [1.165, 1.54) is 8.61 Å². The topological polar surface area (TPSA) is 182 Å². The van der Waals surface area contributed by atoms with Crippen molar-refractivity contribution in [3.8, 4) is 11.5 Å². The lowest BCUT2D eigenvalue weighted by Crippen LogP contribution is -2.38. The second kappa shape index (κ2) is 32.1. The molecule has 4 N–H and O–H groups in total. The number of amides is 4. The highest BCUT2D eigenvalue weighted by Crippen LogP contribution is 2.44. The zero-order valence-corrected chi connectivity index (χ0v) is 50.1. The molecule has 0 fully saturated rings. The Morgan fingerprint density at radius 1 is 0.474 bits per heavy atom. The Morgan fingerprint density at radius 2 is 0.782 bits per heavy atom. The molecule has 4 amide bonds. The van der Waals surface area contributed by atoms with Gasteiger partial charge in [0.05, 0.1) is 23.5 Å². The molecule has 4 atom stereocenters. The maximum absolute atomic E-state index is 12.2. The number of urea groups is 2. The molecule has 0 unspecified atom stereocenters. The van der Waals surface area contributed by atoms with E-state index in [-0.39, 0.29) is 36.4 Å². The van der Waals surface area contributed by atoms with E-state index in [0.717, 1.165) is 125 Å². The van der Waals surface area contributed by atoms with Gasteiger partial charge in [-0.2, -0.15) is 0 Å². The molecule has 78 heavy (non-hydrogen) atoms. The Kier molecular flexibility index (Phi) is 25.9. The predicted molar refractivity (Wildman–Crippen MR) is 318 cm³/mol. The van der Waals surface area contributed by atoms with Gasteiger partial charge in [-0.25, -0.2) is 26.4 Å². The molecule has 2 aliphatic rings. The Hall–Kier alpha value is -4.40. The predicted octanol–water partition coefficient (Wildman–Crippen LogP) is 10.9. The van der Waals surface area contributed by atoms with E-state index < -0.39 is 21.8 Å². The van der Waals surface area contributed by atoms with Crippen LogP contribution in [0.1, 0.15) is 124 Å². The summed E-state index contributed by atoms with van der Waals surface area (Å²) in [4.78, 5) is 28.7. The second-order valence-corrected chi connectivity index (χ2v) is 24.1. The molecule has 0 bridgehead atoms. The minimum Gasteiger partial charge on any atom is -0.484 e. The highest BCUT2D eigenvalue weighted by atomic mass is 35.5. The van der Waals surface area contributed by atoms with Crippen LogP contribution in [0.15, 0.2) is 72.8 Å². The number of hydrogen-bond donors (Lipinski definition) is 6. The maximum Gasteiger partial charge on any atom is 0.314 e. The Bertz CT molecular complexity index is 2520. The summed E-state index contributed by atoms with van der Waals surface area (Å²) in [6.07, 6.45) is 13.2. The van der Waals surface area contributed by atoms with Crippen molar-refractivity contribution in [1.82, 2.24) is 31.1 Å². The van der Waals surface area contributed by atoms with Crippen LogP contribution in [0, 0.1) is 0 Å². The molecule has 2 aliphatic carbocycles. The monoisotopic (exact) mass is 1190 g/mol. The highest BCUT2D eigenvalue weighted by molar-refractivity contribution is 7.74. The van der Waals surface area contributed by atoms with Crippen molar-refractivity contribution in [1.29, 1.82) is 0 Å². The van der Waals surface area contributed by atoms with Crippen molar-refractivity contribution in [2.75, 3.05) is 76.1 Å². The van der Waals surface area contributed by atoms with Crippen LogP contribution in [0.2, 0.25) is 20.1 Å². The van der Waals surface area contributed by atoms with Crippen molar-refractivity contribution in [3.63, 3.8) is 0 Å². The number of fused-ring (bicyclic) bond motifs is 2. The standard InChI is InChI=1S/C56H78Cl4N8O8S2/c1-65(2)51-37-45-47(33-39(57)35-49(45)59)53(51)75-43-23-19-41(20-24-43)67(77(71)72)31-17-11-7-5-9-13-27-61-55(69)63-29-15-16-30-64-56(70)62-28-14-10-6-8-12-18-32-68(78(73)74)42-21-25-44(26-22-42)76-54-48-34-40(58)36-50(60)46(48)38-52(54)66(3)4/h19-26,33-36,51-54,77-78H,5-18,27-32,37-38H2,1-4H3,(H2,61,63,69)(H2,62,64,70)/t51-,52-,53-,54-/m0/s1. The molecule has 0 saturated heterocycles. The van der Waals surface area contributed by atoms with Crippen LogP contribution in [0.3, 0.4) is 0 Å². The number of anilines is 2. The Balaban J connectivity index is 0.722. The number of carbonyl (C=O) groups excluding carboxylic acids is 2. The summed E-state index contributed by atoms with van der Waals surface area (Å²) >= 11 is 25.7. The van der Waals surface area contributed by atoms with Crippen LogP contribution in [0.25, 0.3) is 0 Å². The molecule has 0 heterocycles. The molecule has 430 valence electrons. The zero-order valence-electron chi connectivity index (χ0n) is 45.3. The highest BCUT2D eigenvalue weighted by Gasteiger charge is 2.39. The lowest BCUT2D eigenvalue weighted by atomic mass is 10.1. The number of nitrogens with zero attached hydrogens (tertiary/aromatic N) is 4. The third-order valence-electron chi connectivity index (χ3n) is 14.4. The van der Waals surface area contributed by atoms with Crippen LogP contribution in [-0.2, 0) is 34.6 Å². The minimum absolute atomic E-state index is 0.0660. The first-order valence-electron chi connectivity index (χ1n) is 27.2. The normalized spacial score (nSPS) is 16.6. The Labute approximate surface area is 485 Å². The zero-order chi connectivity index (χ0) is 56.1. The molecule has 0 saturated carbocycles. The van der Waals surface area contributed by atoms with E-state index >= 15 is 0 Å². The van der Waals surface area contributed by atoms with E-state index in [0.29, 0.717) is 82.2 Å². The van der Waals surface area contributed by atoms with Crippen LogP contribution in [-0.4, -0.2) is 118 Å². The molecule has 22 heteroatoms. The third-order valence-corrected chi connectivity index (χ3v) is 17.1. The second-order valence-electron chi connectivity index (χ2n) is 20.5. The van der Waals surface area contributed by atoms with E-state index in [9.17, 15) is 26.4 Å². The fourth-order valence-corrected chi connectivity index (χ4v) is 12.5. The van der Waals surface area contributed by atoms with E-state index in [1.807, 2.05) is 40.3 Å². The molecule has 0 spiro atoms. The summed E-state index contributed by atoms with van der Waals surface area (Å²) in [5.41, 5.74) is 5.17. The van der Waals surface area contributed by atoms with Gasteiger partial charge in [-0.3, -0.25) is 8.61 Å². The van der Waals surface area contributed by atoms with E-state index in [1.54, 1.807) is 60.7 Å². The average molecular weight is 1200 g/mol. The molecule has 6 rings (SSSR count). The number of benzene rings is 4. The number of ether oxygens (including phenoxy) is 2. The van der Waals surface area contributed by atoms with Crippen molar-refractivity contribution >= 4 is 91.6 Å². The van der Waals surface area contributed by atoms with Gasteiger partial charge in [0.15, 0.2) is 0 Å². The number of unbranched alkanes of at least 4 members (excludes halogenated alkanes) is 11. The van der Waals surface area contributed by atoms with Gasteiger partial charge in [0.25, 0.3) is 0 Å². The number of halogens is 4. The van der Waals surface area contributed by atoms with Gasteiger partial charge >= 0.3 is 12.1 Å². The fraction of sp³-hybridized carbons (Fsp3) is 0.536. The summed E-state index contributed by atoms with van der Waals surface area (Å²) in [5, 5.41) is 13.9. The first-order chi connectivity index (χ1) is 37.5. The van der Waals surface area contributed by atoms with Crippen molar-refractivity contribution in [2.24, 2.45) is 0 Å². The molecule has 16 nitrogen and oxygen atoms in total. The number of carbonyl (C=O) groups is 2. The molecule has 0 radical (unpaired) electrons. The van der Waals surface area contributed by atoms with E-state index in [2.05, 4.69) is 31.1 Å². The van der Waals surface area contributed by atoms with Gasteiger partial charge in [-0.15, -0.1) is 0 Å². The lowest BCUT2D eigenvalue weighted by molar-refractivity contribution is 0.111. The van der Waals surface area contributed by atoms with Crippen LogP contribution >= 0.6 is 46.4 Å². The number of thiol groups is 2. The smallest absolute Gasteiger partial charge is 0.314 e. The quantitative estimate of drug-likeness (QED) is 0.0198. The molecule has 4 aromatic rings. The van der Waals surface area contributed by atoms with Gasteiger partial charge in [0.1, 0.15) is 23.7 Å². The number of hydrogen-bond acceptors (Lipinski definition) is 10. The summed E-state index contributed by atoms with van der Waals surface area (Å²) < 4.78 is 64.6. The van der Waals surface area contributed by atoms with Gasteiger partial charge in [-0.1, -0.05) is 97.8 Å². The number of rotatable bonds is 33. The van der Waals surface area contributed by atoms with Gasteiger partial charge < -0.3 is 40.5 Å². The number of likely N-dealkylation sites (N-methyl/N-ethyl adjacent to an activating group) is 2. The van der Waals surface area contributed by atoms with E-state index in [4.69, 9.17) is 55.9 Å². The SMILES string of the molecule is CN(C)[C@H]1Cc2c(Cl)cc(Cl)cc2[C@@H]1Oc1ccc(N(CCCCCCCCNC(=O)NCCCCNC(=O)NCCCCCCCCN(c2ccc(O[C@H]3c4cc(Cl)cc(Cl)c4C[C@@H]3N(C)C)cc2)[SH](=O)=O)[SH](=O)=O)cc1. The third kappa shape index (κ3) is 19.1. The fourth-order valence-electron chi connectivity index (χ4n) is 10.1. The first kappa shape index (κ1) is 62.8.